The van der Waals surface area contributed by atoms with E-state index in [0.717, 1.165) is 34.1 Å². The van der Waals surface area contributed by atoms with Gasteiger partial charge in [0.2, 0.25) is 6.79 Å². The quantitative estimate of drug-likeness (QED) is 0.565. The molecule has 0 saturated carbocycles. The Morgan fingerprint density at radius 3 is 2.27 bits per heavy atom. The van der Waals surface area contributed by atoms with Crippen LogP contribution in [0.2, 0.25) is 0 Å². The molecule has 2 aliphatic rings. The molecule has 0 spiro atoms. The van der Waals surface area contributed by atoms with Gasteiger partial charge in [0.25, 0.3) is 0 Å². The van der Waals surface area contributed by atoms with Crippen molar-refractivity contribution in [2.75, 3.05) is 33.4 Å². The smallest absolute Gasteiger partial charge is 0.231 e. The number of ether oxygens (including phenoxy) is 6. The average Bonchev–Trinajstić information content (AvgIpc) is 3.30. The van der Waals surface area contributed by atoms with Crippen molar-refractivity contribution < 1.29 is 28.4 Å². The van der Waals surface area contributed by atoms with Gasteiger partial charge < -0.3 is 33.7 Å². The maximum absolute atomic E-state index is 6.46. The largest absolute Gasteiger partial charge is 0.497 e. The highest BCUT2D eigenvalue weighted by Crippen LogP contribution is 2.52. The first kappa shape index (κ1) is 21.1. The normalized spacial score (nSPS) is 20.4. The van der Waals surface area contributed by atoms with Crippen molar-refractivity contribution in [3.05, 3.63) is 65.7 Å². The van der Waals surface area contributed by atoms with Crippen molar-refractivity contribution in [3.8, 4) is 34.5 Å². The number of nitrogens with one attached hydrogen (secondary N) is 1. The van der Waals surface area contributed by atoms with Crippen LogP contribution in [0.4, 0.5) is 5.69 Å². The summed E-state index contributed by atoms with van der Waals surface area (Å²) in [5.41, 5.74) is 2.98. The highest BCUT2D eigenvalue weighted by Gasteiger charge is 2.40. The lowest BCUT2D eigenvalue weighted by atomic mass is 9.78. The third-order valence-corrected chi connectivity index (χ3v) is 6.26. The minimum atomic E-state index is -0.299. The number of fused-ring (bicyclic) bond motifs is 2. The van der Waals surface area contributed by atoms with Crippen molar-refractivity contribution in [2.45, 2.75) is 19.1 Å². The molecule has 1 N–H and O–H groups in total. The van der Waals surface area contributed by atoms with E-state index in [1.165, 1.54) is 0 Å². The Labute approximate surface area is 193 Å². The van der Waals surface area contributed by atoms with Crippen molar-refractivity contribution in [2.24, 2.45) is 5.92 Å². The monoisotopic (exact) mass is 449 g/mol. The van der Waals surface area contributed by atoms with Gasteiger partial charge in [0.05, 0.1) is 21.3 Å². The van der Waals surface area contributed by atoms with Gasteiger partial charge in [0, 0.05) is 34.7 Å². The molecular formula is C26H27NO6. The van der Waals surface area contributed by atoms with Crippen LogP contribution in [0.3, 0.4) is 0 Å². The number of hydrogen-bond acceptors (Lipinski definition) is 7. The van der Waals surface area contributed by atoms with E-state index in [4.69, 9.17) is 28.4 Å². The van der Waals surface area contributed by atoms with Crippen molar-refractivity contribution in [1.82, 2.24) is 0 Å². The molecule has 3 atom stereocenters. The molecule has 0 fully saturated rings. The molecule has 0 saturated heterocycles. The predicted molar refractivity (Wildman–Crippen MR) is 124 cm³/mol. The van der Waals surface area contributed by atoms with Crippen molar-refractivity contribution >= 4 is 5.69 Å². The fourth-order valence-corrected chi connectivity index (χ4v) is 4.61. The lowest BCUT2D eigenvalue weighted by Gasteiger charge is -2.39. The molecule has 0 aromatic heterocycles. The van der Waals surface area contributed by atoms with Gasteiger partial charge in [-0.1, -0.05) is 19.1 Å². The van der Waals surface area contributed by atoms with E-state index >= 15 is 0 Å². The minimum Gasteiger partial charge on any atom is -0.497 e. The molecule has 7 nitrogen and oxygen atoms in total. The zero-order valence-electron chi connectivity index (χ0n) is 19.1. The summed E-state index contributed by atoms with van der Waals surface area (Å²) in [5, 5.41) is 3.53. The average molecular weight is 450 g/mol. The van der Waals surface area contributed by atoms with Gasteiger partial charge in [-0.3, -0.25) is 0 Å². The first-order chi connectivity index (χ1) is 16.1. The second kappa shape index (κ2) is 8.65. The Balaban J connectivity index is 1.59. The predicted octanol–water partition coefficient (Wildman–Crippen LogP) is 5.04. The fraction of sp³-hybridized carbons (Fsp3) is 0.308. The van der Waals surface area contributed by atoms with Gasteiger partial charge in [-0.25, -0.2) is 0 Å². The number of hydrogen-bond donors (Lipinski definition) is 1. The van der Waals surface area contributed by atoms with Crippen LogP contribution in [0, 0.1) is 5.92 Å². The van der Waals surface area contributed by atoms with Gasteiger partial charge in [-0.2, -0.15) is 0 Å². The summed E-state index contributed by atoms with van der Waals surface area (Å²) in [6.45, 7) is 2.37. The summed E-state index contributed by atoms with van der Waals surface area (Å²) in [7, 11) is 4.97. The minimum absolute atomic E-state index is 0.0379. The third kappa shape index (κ3) is 3.73. The molecule has 2 aliphatic heterocycles. The van der Waals surface area contributed by atoms with Crippen molar-refractivity contribution in [3.63, 3.8) is 0 Å². The molecule has 0 aliphatic carbocycles. The van der Waals surface area contributed by atoms with Gasteiger partial charge in [0.15, 0.2) is 29.2 Å². The van der Waals surface area contributed by atoms with E-state index in [-0.39, 0.29) is 24.9 Å². The van der Waals surface area contributed by atoms with Crippen LogP contribution in [0.1, 0.15) is 24.0 Å². The molecule has 1 unspecified atom stereocenters. The SMILES string of the molecule is COc1ccc(NC2Oc3cc4c(cc3[C@H](c3cccc(OC)c3OC)[C@H]2C)OCO4)cc1. The second-order valence-electron chi connectivity index (χ2n) is 8.07. The molecule has 3 aromatic rings. The highest BCUT2D eigenvalue weighted by atomic mass is 16.7. The molecule has 5 rings (SSSR count). The zero-order valence-corrected chi connectivity index (χ0v) is 19.1. The molecule has 0 radical (unpaired) electrons. The number of para-hydroxylation sites is 1. The van der Waals surface area contributed by atoms with E-state index in [1.54, 1.807) is 21.3 Å². The first-order valence-corrected chi connectivity index (χ1v) is 10.8. The van der Waals surface area contributed by atoms with E-state index in [0.29, 0.717) is 17.2 Å². The fourth-order valence-electron chi connectivity index (χ4n) is 4.61. The molecule has 7 heteroatoms. The summed E-state index contributed by atoms with van der Waals surface area (Å²) in [4.78, 5) is 0. The molecule has 172 valence electrons. The third-order valence-electron chi connectivity index (χ3n) is 6.26. The van der Waals surface area contributed by atoms with Crippen LogP contribution < -0.4 is 33.7 Å². The molecule has 0 bridgehead atoms. The van der Waals surface area contributed by atoms with Gasteiger partial charge in [-0.15, -0.1) is 0 Å². The number of anilines is 1. The van der Waals surface area contributed by atoms with Crippen LogP contribution in [0.15, 0.2) is 54.6 Å². The number of methoxy groups -OCH3 is 3. The molecule has 2 heterocycles. The van der Waals surface area contributed by atoms with Gasteiger partial charge >= 0.3 is 0 Å². The Kier molecular flexibility index (Phi) is 5.54. The Hall–Kier alpha value is -3.74. The summed E-state index contributed by atoms with van der Waals surface area (Å²) in [6.07, 6.45) is -0.299. The first-order valence-electron chi connectivity index (χ1n) is 10.8. The molecule has 33 heavy (non-hydrogen) atoms. The number of rotatable bonds is 6. The summed E-state index contributed by atoms with van der Waals surface area (Å²) >= 11 is 0. The Morgan fingerprint density at radius 2 is 1.58 bits per heavy atom. The van der Waals surface area contributed by atoms with Crippen LogP contribution in [0.25, 0.3) is 0 Å². The lowest BCUT2D eigenvalue weighted by Crippen LogP contribution is -2.40. The van der Waals surface area contributed by atoms with Crippen LogP contribution in [-0.2, 0) is 0 Å². The highest BCUT2D eigenvalue weighted by molar-refractivity contribution is 5.60. The van der Waals surface area contributed by atoms with Gasteiger partial charge in [-0.05, 0) is 36.4 Å². The van der Waals surface area contributed by atoms with Crippen LogP contribution >= 0.6 is 0 Å². The summed E-state index contributed by atoms with van der Waals surface area (Å²) in [5.74, 6) is 4.36. The van der Waals surface area contributed by atoms with E-state index in [9.17, 15) is 0 Å². The molecule has 0 amide bonds. The molecule has 3 aromatic carbocycles. The van der Waals surface area contributed by atoms with E-state index in [1.807, 2.05) is 48.5 Å². The zero-order chi connectivity index (χ0) is 22.9. The Morgan fingerprint density at radius 1 is 0.818 bits per heavy atom. The maximum Gasteiger partial charge on any atom is 0.231 e. The lowest BCUT2D eigenvalue weighted by molar-refractivity contribution is 0.133. The number of benzene rings is 3. The van der Waals surface area contributed by atoms with Crippen LogP contribution in [0.5, 0.6) is 34.5 Å². The van der Waals surface area contributed by atoms with Gasteiger partial charge in [0.1, 0.15) is 11.5 Å². The summed E-state index contributed by atoms with van der Waals surface area (Å²) < 4.78 is 34.4. The molecular weight excluding hydrogens is 422 g/mol. The van der Waals surface area contributed by atoms with E-state index in [2.05, 4.69) is 18.3 Å². The van der Waals surface area contributed by atoms with Crippen molar-refractivity contribution in [1.29, 1.82) is 0 Å². The Bertz CT molecular complexity index is 1150. The standard InChI is InChI=1S/C26H27NO6/c1-15-24(18-6-5-7-20(29-3)25(18)30-4)19-12-22-23(32-14-31-22)13-21(19)33-26(15)27-16-8-10-17(28-2)11-9-16/h5-13,15,24,26-27H,14H2,1-4H3/t15-,24+,26?/m1/s1. The maximum atomic E-state index is 6.46. The second-order valence-corrected chi connectivity index (χ2v) is 8.07. The topological polar surface area (TPSA) is 67.4 Å². The van der Waals surface area contributed by atoms with Crippen LogP contribution in [-0.4, -0.2) is 34.4 Å². The van der Waals surface area contributed by atoms with E-state index < -0.39 is 0 Å². The summed E-state index contributed by atoms with van der Waals surface area (Å²) in [6, 6.07) is 17.7.